The third kappa shape index (κ3) is 4.09. The Morgan fingerprint density at radius 1 is 1.76 bits per heavy atom. The molecule has 2 N–H and O–H groups in total. The molecule has 1 aromatic heterocycles. The van der Waals surface area contributed by atoms with Crippen molar-refractivity contribution in [2.24, 2.45) is 0 Å². The van der Waals surface area contributed by atoms with Crippen LogP contribution in [0.15, 0.2) is 18.3 Å². The van der Waals surface area contributed by atoms with Gasteiger partial charge in [-0.2, -0.15) is 5.26 Å². The maximum absolute atomic E-state index is 10.5. The van der Waals surface area contributed by atoms with Gasteiger partial charge in [-0.1, -0.05) is 0 Å². The fourth-order valence-electron chi connectivity index (χ4n) is 1.29. The summed E-state index contributed by atoms with van der Waals surface area (Å²) in [7, 11) is 1.45. The van der Waals surface area contributed by atoms with Crippen LogP contribution >= 0.6 is 0 Å². The second-order valence-corrected chi connectivity index (χ2v) is 3.35. The number of nitrogens with one attached hydrogen (secondary N) is 1. The highest BCUT2D eigenvalue weighted by Crippen LogP contribution is 2.11. The van der Waals surface area contributed by atoms with Crippen molar-refractivity contribution in [3.05, 3.63) is 24.0 Å². The van der Waals surface area contributed by atoms with E-state index in [9.17, 15) is 4.79 Å². The molecule has 0 aliphatic heterocycles. The maximum Gasteiger partial charge on any atom is 0.306 e. The molecule has 0 fully saturated rings. The molecule has 0 bridgehead atoms. The lowest BCUT2D eigenvalue weighted by Crippen LogP contribution is -2.25. The van der Waals surface area contributed by atoms with Crippen molar-refractivity contribution in [1.29, 1.82) is 5.26 Å². The third-order valence-electron chi connectivity index (χ3n) is 2.17. The molecule has 6 nitrogen and oxygen atoms in total. The van der Waals surface area contributed by atoms with E-state index in [1.54, 1.807) is 12.1 Å². The van der Waals surface area contributed by atoms with Crippen LogP contribution < -0.4 is 5.32 Å². The first-order valence-electron chi connectivity index (χ1n) is 5.01. The summed E-state index contributed by atoms with van der Waals surface area (Å²) in [6.45, 7) is 0.309. The molecule has 1 atom stereocenters. The van der Waals surface area contributed by atoms with E-state index in [1.807, 2.05) is 6.07 Å². The summed E-state index contributed by atoms with van der Waals surface area (Å²) in [5.74, 6) is -0.926. The summed E-state index contributed by atoms with van der Waals surface area (Å²) in [6.07, 6.45) is 0.986. The van der Waals surface area contributed by atoms with Crippen molar-refractivity contribution >= 4 is 11.7 Å². The molecule has 0 saturated heterocycles. The zero-order valence-electron chi connectivity index (χ0n) is 9.38. The number of carboxylic acid groups (broad SMARTS) is 1. The highest BCUT2D eigenvalue weighted by Gasteiger charge is 2.12. The van der Waals surface area contributed by atoms with Gasteiger partial charge in [-0.15, -0.1) is 0 Å². The average molecular weight is 235 g/mol. The second-order valence-electron chi connectivity index (χ2n) is 3.35. The van der Waals surface area contributed by atoms with E-state index >= 15 is 0 Å². The number of methoxy groups -OCH3 is 1. The molecule has 0 aromatic carbocycles. The van der Waals surface area contributed by atoms with Gasteiger partial charge in [-0.25, -0.2) is 4.98 Å². The van der Waals surface area contributed by atoms with Crippen molar-refractivity contribution in [3.63, 3.8) is 0 Å². The fourth-order valence-corrected chi connectivity index (χ4v) is 1.29. The molecule has 6 heteroatoms. The van der Waals surface area contributed by atoms with Crippen molar-refractivity contribution in [3.8, 4) is 6.07 Å². The van der Waals surface area contributed by atoms with Crippen LogP contribution in [-0.4, -0.2) is 35.8 Å². The average Bonchev–Trinajstić information content (AvgIpc) is 2.34. The summed E-state index contributed by atoms with van der Waals surface area (Å²) >= 11 is 0. The van der Waals surface area contributed by atoms with Gasteiger partial charge in [0.25, 0.3) is 0 Å². The van der Waals surface area contributed by atoms with E-state index in [1.165, 1.54) is 13.3 Å². The number of aliphatic carboxylic acids is 1. The first-order valence-corrected chi connectivity index (χ1v) is 5.01. The van der Waals surface area contributed by atoms with Crippen molar-refractivity contribution < 1.29 is 14.6 Å². The minimum atomic E-state index is -0.926. The van der Waals surface area contributed by atoms with Gasteiger partial charge in [0.05, 0.1) is 18.2 Å². The topological polar surface area (TPSA) is 95.2 Å². The lowest BCUT2D eigenvalue weighted by atomic mass is 10.2. The van der Waals surface area contributed by atoms with Crippen LogP contribution in [0.2, 0.25) is 0 Å². The zero-order valence-corrected chi connectivity index (χ0v) is 9.38. The predicted molar refractivity (Wildman–Crippen MR) is 60.5 cm³/mol. The lowest BCUT2D eigenvalue weighted by Gasteiger charge is -2.15. The zero-order chi connectivity index (χ0) is 12.7. The number of rotatable bonds is 6. The number of anilines is 1. The van der Waals surface area contributed by atoms with Gasteiger partial charge in [0, 0.05) is 19.9 Å². The number of ether oxygens (including phenoxy) is 1. The number of aromatic nitrogens is 1. The first kappa shape index (κ1) is 12.9. The molecule has 1 rings (SSSR count). The second kappa shape index (κ2) is 6.45. The number of hydrogen-bond donors (Lipinski definition) is 2. The number of carboxylic acids is 1. The van der Waals surface area contributed by atoms with E-state index in [0.717, 1.165) is 0 Å². The summed E-state index contributed by atoms with van der Waals surface area (Å²) < 4.78 is 5.01. The van der Waals surface area contributed by atoms with Gasteiger partial charge < -0.3 is 15.2 Å². The molecule has 0 saturated carbocycles. The van der Waals surface area contributed by atoms with Gasteiger partial charge >= 0.3 is 5.97 Å². The van der Waals surface area contributed by atoms with Crippen LogP contribution in [-0.2, 0) is 9.53 Å². The van der Waals surface area contributed by atoms with E-state index in [0.29, 0.717) is 12.2 Å². The van der Waals surface area contributed by atoms with E-state index in [4.69, 9.17) is 15.1 Å². The lowest BCUT2D eigenvalue weighted by molar-refractivity contribution is -0.139. The molecule has 1 unspecified atom stereocenters. The molecule has 0 aliphatic carbocycles. The quantitative estimate of drug-likeness (QED) is 0.759. The molecule has 17 heavy (non-hydrogen) atoms. The Labute approximate surface area is 98.9 Å². The summed E-state index contributed by atoms with van der Waals surface area (Å²) in [6, 6.07) is 5.35. The molecular formula is C11H13N3O3. The van der Waals surface area contributed by atoms with Crippen molar-refractivity contribution in [2.75, 3.05) is 19.0 Å². The Bertz CT molecular complexity index is 428. The Kier molecular flexibility index (Phi) is 4.91. The van der Waals surface area contributed by atoms with Gasteiger partial charge in [0.15, 0.2) is 5.69 Å². The van der Waals surface area contributed by atoms with Crippen LogP contribution in [0.3, 0.4) is 0 Å². The Hall–Kier alpha value is -2.13. The molecule has 0 spiro atoms. The van der Waals surface area contributed by atoms with Crippen LogP contribution in [0.4, 0.5) is 5.69 Å². The summed E-state index contributed by atoms with van der Waals surface area (Å²) in [4.78, 5) is 14.4. The van der Waals surface area contributed by atoms with Gasteiger partial charge in [0.2, 0.25) is 0 Å². The van der Waals surface area contributed by atoms with Crippen LogP contribution in [0.25, 0.3) is 0 Å². The Morgan fingerprint density at radius 3 is 3.12 bits per heavy atom. The van der Waals surface area contributed by atoms with Crippen molar-refractivity contribution in [2.45, 2.75) is 12.5 Å². The van der Waals surface area contributed by atoms with E-state index in [-0.39, 0.29) is 12.1 Å². The third-order valence-corrected chi connectivity index (χ3v) is 2.17. The first-order chi connectivity index (χ1) is 8.17. The molecule has 90 valence electrons. The number of nitriles is 1. The van der Waals surface area contributed by atoms with E-state index in [2.05, 4.69) is 10.3 Å². The SMILES string of the molecule is COC(CNc1cccnc1C#N)CC(=O)O. The molecule has 1 heterocycles. The highest BCUT2D eigenvalue weighted by atomic mass is 16.5. The van der Waals surface area contributed by atoms with E-state index < -0.39 is 12.1 Å². The van der Waals surface area contributed by atoms with Crippen molar-refractivity contribution in [1.82, 2.24) is 4.98 Å². The van der Waals surface area contributed by atoms with Crippen LogP contribution in [0, 0.1) is 11.3 Å². The summed E-state index contributed by atoms with van der Waals surface area (Å²) in [5.41, 5.74) is 0.847. The molecule has 0 amide bonds. The Morgan fingerprint density at radius 2 is 2.53 bits per heavy atom. The van der Waals surface area contributed by atoms with Crippen LogP contribution in [0.5, 0.6) is 0 Å². The predicted octanol–water partition coefficient (Wildman–Crippen LogP) is 0.855. The smallest absolute Gasteiger partial charge is 0.306 e. The fraction of sp³-hybridized carbons (Fsp3) is 0.364. The minimum absolute atomic E-state index is 0.0916. The number of nitrogens with zero attached hydrogens (tertiary/aromatic N) is 2. The molecule has 0 aliphatic rings. The summed E-state index contributed by atoms with van der Waals surface area (Å²) in [5, 5.41) is 20.4. The minimum Gasteiger partial charge on any atom is -0.481 e. The maximum atomic E-state index is 10.5. The Balaban J connectivity index is 2.60. The monoisotopic (exact) mass is 235 g/mol. The highest BCUT2D eigenvalue weighted by molar-refractivity contribution is 5.67. The standard InChI is InChI=1S/C11H13N3O3/c1-17-8(5-11(15)16)7-14-9-3-2-4-13-10(9)6-12/h2-4,8,14H,5,7H2,1H3,(H,15,16). The molecular weight excluding hydrogens is 222 g/mol. The van der Waals surface area contributed by atoms with Crippen LogP contribution in [0.1, 0.15) is 12.1 Å². The normalized spacial score (nSPS) is 11.5. The number of carbonyl (C=O) groups is 1. The van der Waals surface area contributed by atoms with Gasteiger partial charge in [-0.3, -0.25) is 4.79 Å². The van der Waals surface area contributed by atoms with Gasteiger partial charge in [0.1, 0.15) is 6.07 Å². The van der Waals surface area contributed by atoms with Gasteiger partial charge in [-0.05, 0) is 12.1 Å². The molecule has 1 aromatic rings. The number of hydrogen-bond acceptors (Lipinski definition) is 5. The molecule has 0 radical (unpaired) electrons. The largest absolute Gasteiger partial charge is 0.481 e. The number of pyridine rings is 1.